The number of aryl methyl sites for hydroxylation is 1. The summed E-state index contributed by atoms with van der Waals surface area (Å²) >= 11 is 0. The van der Waals surface area contributed by atoms with Crippen molar-refractivity contribution >= 4 is 5.82 Å². The minimum absolute atomic E-state index is 0.0740. The average molecular weight is 253 g/mol. The number of halogens is 2. The lowest BCUT2D eigenvalue weighted by Crippen LogP contribution is -2.06. The summed E-state index contributed by atoms with van der Waals surface area (Å²) < 4.78 is 27.4. The summed E-state index contributed by atoms with van der Waals surface area (Å²) in [6, 6.07) is 3.14. The highest BCUT2D eigenvalue weighted by Crippen LogP contribution is 2.23. The third kappa shape index (κ3) is 2.48. The van der Waals surface area contributed by atoms with Crippen molar-refractivity contribution < 1.29 is 13.9 Å². The van der Waals surface area contributed by atoms with Gasteiger partial charge in [-0.15, -0.1) is 0 Å². The molecule has 96 valence electrons. The van der Waals surface area contributed by atoms with Gasteiger partial charge < -0.3 is 10.8 Å². The molecule has 0 aliphatic carbocycles. The molecule has 0 fully saturated rings. The summed E-state index contributed by atoms with van der Waals surface area (Å²) in [7, 11) is 1.65. The summed E-state index contributed by atoms with van der Waals surface area (Å²) in [5.41, 5.74) is 6.52. The number of nitrogens with zero attached hydrogens (tertiary/aromatic N) is 2. The lowest BCUT2D eigenvalue weighted by atomic mass is 10.0. The standard InChI is InChI=1S/C12H13F2N3O/c1-17-12(15)10(6-16-17)11(18)4-7-2-8(13)5-9(14)3-7/h2-3,5-6,11,18H,4,15H2,1H3. The Morgan fingerprint density at radius 2 is 1.94 bits per heavy atom. The Bertz CT molecular complexity index is 548. The molecule has 0 spiro atoms. The van der Waals surface area contributed by atoms with Gasteiger partial charge >= 0.3 is 0 Å². The van der Waals surface area contributed by atoms with Crippen LogP contribution in [0.1, 0.15) is 17.2 Å². The van der Waals surface area contributed by atoms with Crippen LogP contribution in [-0.2, 0) is 13.5 Å². The lowest BCUT2D eigenvalue weighted by Gasteiger charge is -2.10. The summed E-state index contributed by atoms with van der Waals surface area (Å²) in [6.07, 6.45) is 0.570. The molecule has 1 aromatic heterocycles. The van der Waals surface area contributed by atoms with Crippen LogP contribution in [-0.4, -0.2) is 14.9 Å². The van der Waals surface area contributed by atoms with Crippen LogP contribution in [0.2, 0.25) is 0 Å². The van der Waals surface area contributed by atoms with Gasteiger partial charge in [0.05, 0.1) is 12.3 Å². The Kier molecular flexibility index (Phi) is 3.29. The molecule has 4 nitrogen and oxygen atoms in total. The average Bonchev–Trinajstić information content (AvgIpc) is 2.58. The molecule has 3 N–H and O–H groups in total. The molecule has 0 saturated heterocycles. The van der Waals surface area contributed by atoms with Crippen molar-refractivity contribution in [3.8, 4) is 0 Å². The molecule has 2 aromatic rings. The van der Waals surface area contributed by atoms with Crippen molar-refractivity contribution in [1.29, 1.82) is 0 Å². The highest BCUT2D eigenvalue weighted by Gasteiger charge is 2.16. The summed E-state index contributed by atoms with van der Waals surface area (Å²) in [5, 5.41) is 13.9. The van der Waals surface area contributed by atoms with Gasteiger partial charge in [-0.2, -0.15) is 5.10 Å². The molecule has 0 aliphatic heterocycles. The Balaban J connectivity index is 2.21. The van der Waals surface area contributed by atoms with Crippen molar-refractivity contribution in [3.05, 3.63) is 47.2 Å². The Labute approximate surface area is 103 Å². The monoisotopic (exact) mass is 253 g/mol. The first-order valence-corrected chi connectivity index (χ1v) is 5.38. The fraction of sp³-hybridized carbons (Fsp3) is 0.250. The number of benzene rings is 1. The molecule has 0 amide bonds. The third-order valence-electron chi connectivity index (χ3n) is 2.72. The molecule has 0 saturated carbocycles. The molecule has 2 rings (SSSR count). The minimum Gasteiger partial charge on any atom is -0.388 e. The van der Waals surface area contributed by atoms with Gasteiger partial charge in [0, 0.05) is 25.1 Å². The second-order valence-electron chi connectivity index (χ2n) is 4.11. The molecule has 1 atom stereocenters. The molecule has 18 heavy (non-hydrogen) atoms. The molecule has 1 unspecified atom stereocenters. The van der Waals surface area contributed by atoms with Crippen LogP contribution in [0.4, 0.5) is 14.6 Å². The predicted molar refractivity (Wildman–Crippen MR) is 62.6 cm³/mol. The molecule has 1 heterocycles. The van der Waals surface area contributed by atoms with Crippen molar-refractivity contribution in [2.75, 3.05) is 5.73 Å². The number of hydrogen-bond acceptors (Lipinski definition) is 3. The molecule has 6 heteroatoms. The van der Waals surface area contributed by atoms with Crippen molar-refractivity contribution in [3.63, 3.8) is 0 Å². The number of hydrogen-bond donors (Lipinski definition) is 2. The zero-order valence-electron chi connectivity index (χ0n) is 9.77. The number of aliphatic hydroxyl groups excluding tert-OH is 1. The van der Waals surface area contributed by atoms with E-state index in [0.717, 1.165) is 6.07 Å². The van der Waals surface area contributed by atoms with E-state index in [2.05, 4.69) is 5.10 Å². The van der Waals surface area contributed by atoms with Crippen LogP contribution in [0, 0.1) is 11.6 Å². The van der Waals surface area contributed by atoms with Crippen molar-refractivity contribution in [2.45, 2.75) is 12.5 Å². The van der Waals surface area contributed by atoms with Crippen LogP contribution >= 0.6 is 0 Å². The second kappa shape index (κ2) is 4.73. The maximum Gasteiger partial charge on any atom is 0.127 e. The Morgan fingerprint density at radius 3 is 2.44 bits per heavy atom. The fourth-order valence-corrected chi connectivity index (χ4v) is 1.78. The van der Waals surface area contributed by atoms with Crippen LogP contribution in [0.25, 0.3) is 0 Å². The van der Waals surface area contributed by atoms with Gasteiger partial charge in [0.25, 0.3) is 0 Å². The van der Waals surface area contributed by atoms with E-state index in [1.54, 1.807) is 7.05 Å². The first kappa shape index (κ1) is 12.5. The normalized spacial score (nSPS) is 12.7. The van der Waals surface area contributed by atoms with Crippen LogP contribution in [0.3, 0.4) is 0 Å². The van der Waals surface area contributed by atoms with Gasteiger partial charge in [0.2, 0.25) is 0 Å². The summed E-state index contributed by atoms with van der Waals surface area (Å²) in [5.74, 6) is -1.01. The SMILES string of the molecule is Cn1ncc(C(O)Cc2cc(F)cc(F)c2)c1N. The zero-order chi connectivity index (χ0) is 13.3. The summed E-state index contributed by atoms with van der Waals surface area (Å²) in [4.78, 5) is 0. The maximum atomic E-state index is 13.0. The predicted octanol–water partition coefficient (Wildman–Crippen LogP) is 1.56. The van der Waals surface area contributed by atoms with E-state index in [0.29, 0.717) is 16.9 Å². The molecule has 0 radical (unpaired) electrons. The molecule has 0 aliphatic rings. The van der Waals surface area contributed by atoms with E-state index in [9.17, 15) is 13.9 Å². The number of anilines is 1. The van der Waals surface area contributed by atoms with Gasteiger partial charge in [-0.3, -0.25) is 4.68 Å². The number of aromatic nitrogens is 2. The smallest absolute Gasteiger partial charge is 0.127 e. The first-order valence-electron chi connectivity index (χ1n) is 5.38. The Hall–Kier alpha value is -1.95. The number of nitrogens with two attached hydrogens (primary N) is 1. The van der Waals surface area contributed by atoms with Gasteiger partial charge in [0.1, 0.15) is 17.5 Å². The van der Waals surface area contributed by atoms with E-state index >= 15 is 0 Å². The maximum absolute atomic E-state index is 13.0. The summed E-state index contributed by atoms with van der Waals surface area (Å²) in [6.45, 7) is 0. The van der Waals surface area contributed by atoms with E-state index in [1.807, 2.05) is 0 Å². The van der Waals surface area contributed by atoms with Gasteiger partial charge in [-0.25, -0.2) is 8.78 Å². The molecular weight excluding hydrogens is 240 g/mol. The number of aliphatic hydroxyl groups is 1. The first-order chi connectivity index (χ1) is 8.47. The zero-order valence-corrected chi connectivity index (χ0v) is 9.77. The van der Waals surface area contributed by atoms with E-state index < -0.39 is 17.7 Å². The van der Waals surface area contributed by atoms with Crippen molar-refractivity contribution in [1.82, 2.24) is 9.78 Å². The van der Waals surface area contributed by atoms with Crippen LogP contribution < -0.4 is 5.73 Å². The van der Waals surface area contributed by atoms with E-state index in [4.69, 9.17) is 5.73 Å². The Morgan fingerprint density at radius 1 is 1.33 bits per heavy atom. The quantitative estimate of drug-likeness (QED) is 0.872. The van der Waals surface area contributed by atoms with Gasteiger partial charge in [0.15, 0.2) is 0 Å². The van der Waals surface area contributed by atoms with Crippen molar-refractivity contribution in [2.24, 2.45) is 7.05 Å². The van der Waals surface area contributed by atoms with Gasteiger partial charge in [-0.1, -0.05) is 0 Å². The molecule has 1 aromatic carbocycles. The number of rotatable bonds is 3. The highest BCUT2D eigenvalue weighted by molar-refractivity contribution is 5.40. The van der Waals surface area contributed by atoms with Crippen LogP contribution in [0.5, 0.6) is 0 Å². The minimum atomic E-state index is -0.945. The topological polar surface area (TPSA) is 64.1 Å². The van der Waals surface area contributed by atoms with Gasteiger partial charge in [-0.05, 0) is 17.7 Å². The van der Waals surface area contributed by atoms with Crippen LogP contribution in [0.15, 0.2) is 24.4 Å². The highest BCUT2D eigenvalue weighted by atomic mass is 19.1. The third-order valence-corrected chi connectivity index (χ3v) is 2.72. The van der Waals surface area contributed by atoms with E-state index in [-0.39, 0.29) is 6.42 Å². The fourth-order valence-electron chi connectivity index (χ4n) is 1.78. The second-order valence-corrected chi connectivity index (χ2v) is 4.11. The van der Waals surface area contributed by atoms with E-state index in [1.165, 1.54) is 23.0 Å². The largest absolute Gasteiger partial charge is 0.388 e. The molecular formula is C12H13F2N3O. The number of nitrogen functional groups attached to an aromatic ring is 1. The lowest BCUT2D eigenvalue weighted by molar-refractivity contribution is 0.179. The molecule has 0 bridgehead atoms.